The number of hydrogen-bond donors (Lipinski definition) is 1. The van der Waals surface area contributed by atoms with E-state index in [-0.39, 0.29) is 5.52 Å². The predicted molar refractivity (Wildman–Crippen MR) is 70.5 cm³/mol. The van der Waals surface area contributed by atoms with Crippen LogP contribution < -0.4 is 10.1 Å². The second kappa shape index (κ2) is 4.88. The van der Waals surface area contributed by atoms with Gasteiger partial charge < -0.3 is 10.1 Å². The van der Waals surface area contributed by atoms with Crippen molar-refractivity contribution in [3.05, 3.63) is 28.4 Å². The zero-order chi connectivity index (χ0) is 14.2. The fraction of sp³-hybridized carbons (Fsp3) is 0.250. The Labute approximate surface area is 115 Å². The maximum absolute atomic E-state index is 12.8. The summed E-state index contributed by atoms with van der Waals surface area (Å²) in [5.74, 6) is 0.292. The molecule has 1 N–H and O–H groups in total. The quantitative estimate of drug-likeness (QED) is 0.899. The molecule has 7 heteroatoms. The van der Waals surface area contributed by atoms with E-state index in [0.717, 1.165) is 6.07 Å². The van der Waals surface area contributed by atoms with Gasteiger partial charge in [0, 0.05) is 22.6 Å². The van der Waals surface area contributed by atoms with Crippen molar-refractivity contribution in [2.45, 2.75) is 6.18 Å². The summed E-state index contributed by atoms with van der Waals surface area (Å²) in [5, 5.41) is 3.30. The molecule has 102 valence electrons. The number of nitrogens with zero attached hydrogens (tertiary/aromatic N) is 1. The molecular formula is C12H10BrF3N2O. The Bertz CT molecular complexity index is 628. The summed E-state index contributed by atoms with van der Waals surface area (Å²) < 4.78 is 44.2. The van der Waals surface area contributed by atoms with Crippen LogP contribution in [0.25, 0.3) is 10.9 Å². The summed E-state index contributed by atoms with van der Waals surface area (Å²) in [6, 6.07) is 4.25. The molecule has 0 fully saturated rings. The highest BCUT2D eigenvalue weighted by Gasteiger charge is 2.34. The van der Waals surface area contributed by atoms with Crippen LogP contribution in [0.5, 0.6) is 5.75 Å². The number of methoxy groups -OCH3 is 1. The largest absolute Gasteiger partial charge is 0.494 e. The third-order valence-electron chi connectivity index (χ3n) is 2.65. The van der Waals surface area contributed by atoms with E-state index in [1.165, 1.54) is 7.11 Å². The Morgan fingerprint density at radius 1 is 1.32 bits per heavy atom. The SMILES string of the molecule is CNc1cc(C(F)(F)F)nc2c(OC)ccc(Br)c12. The van der Waals surface area contributed by atoms with Crippen LogP contribution in [0, 0.1) is 0 Å². The molecule has 0 amide bonds. The van der Waals surface area contributed by atoms with Gasteiger partial charge in [-0.15, -0.1) is 0 Å². The van der Waals surface area contributed by atoms with Crippen molar-refractivity contribution < 1.29 is 17.9 Å². The molecule has 3 nitrogen and oxygen atoms in total. The van der Waals surface area contributed by atoms with Gasteiger partial charge in [0.25, 0.3) is 0 Å². The van der Waals surface area contributed by atoms with Gasteiger partial charge in [0.1, 0.15) is 17.0 Å². The number of fused-ring (bicyclic) bond motifs is 1. The molecule has 0 aliphatic rings. The van der Waals surface area contributed by atoms with E-state index in [2.05, 4.69) is 26.2 Å². The van der Waals surface area contributed by atoms with E-state index >= 15 is 0 Å². The molecule has 0 spiro atoms. The van der Waals surface area contributed by atoms with Crippen LogP contribution in [0.3, 0.4) is 0 Å². The molecule has 2 rings (SSSR count). The number of rotatable bonds is 2. The number of aromatic nitrogens is 1. The van der Waals surface area contributed by atoms with E-state index in [1.54, 1.807) is 19.2 Å². The number of nitrogens with one attached hydrogen (secondary N) is 1. The molecule has 0 saturated heterocycles. The zero-order valence-electron chi connectivity index (χ0n) is 10.1. The molecular weight excluding hydrogens is 325 g/mol. The van der Waals surface area contributed by atoms with Gasteiger partial charge in [0.05, 0.1) is 7.11 Å². The Morgan fingerprint density at radius 3 is 2.53 bits per heavy atom. The number of ether oxygens (including phenoxy) is 1. The Balaban J connectivity index is 2.88. The fourth-order valence-corrected chi connectivity index (χ4v) is 2.32. The number of anilines is 1. The third kappa shape index (κ3) is 2.47. The van der Waals surface area contributed by atoms with Crippen LogP contribution >= 0.6 is 15.9 Å². The molecule has 0 aliphatic carbocycles. The van der Waals surface area contributed by atoms with Crippen molar-refractivity contribution in [3.8, 4) is 5.75 Å². The van der Waals surface area contributed by atoms with Gasteiger partial charge in [0.2, 0.25) is 0 Å². The molecule has 0 atom stereocenters. The third-order valence-corrected chi connectivity index (χ3v) is 3.31. The van der Waals surface area contributed by atoms with E-state index in [4.69, 9.17) is 4.74 Å². The van der Waals surface area contributed by atoms with Gasteiger partial charge in [-0.25, -0.2) is 4.98 Å². The summed E-state index contributed by atoms with van der Waals surface area (Å²) in [5.41, 5.74) is -0.458. The van der Waals surface area contributed by atoms with Crippen LogP contribution in [-0.2, 0) is 6.18 Å². The fourth-order valence-electron chi connectivity index (χ4n) is 1.78. The molecule has 2 aromatic rings. The topological polar surface area (TPSA) is 34.2 Å². The minimum absolute atomic E-state index is 0.163. The molecule has 1 heterocycles. The molecule has 0 unspecified atom stereocenters. The molecule has 1 aromatic carbocycles. The second-order valence-corrected chi connectivity index (χ2v) is 4.63. The second-order valence-electron chi connectivity index (χ2n) is 3.78. The van der Waals surface area contributed by atoms with Crippen molar-refractivity contribution in [1.82, 2.24) is 4.98 Å². The first-order valence-corrected chi connectivity index (χ1v) is 6.10. The van der Waals surface area contributed by atoms with Crippen LogP contribution in [0.2, 0.25) is 0 Å². The lowest BCUT2D eigenvalue weighted by Gasteiger charge is -2.14. The number of halogens is 4. The predicted octanol–water partition coefficient (Wildman–Crippen LogP) is 4.07. The first-order valence-electron chi connectivity index (χ1n) is 5.30. The van der Waals surface area contributed by atoms with Crippen molar-refractivity contribution in [1.29, 1.82) is 0 Å². The molecule has 0 bridgehead atoms. The number of hydrogen-bond acceptors (Lipinski definition) is 3. The van der Waals surface area contributed by atoms with Gasteiger partial charge >= 0.3 is 6.18 Å². The highest BCUT2D eigenvalue weighted by Crippen LogP contribution is 2.39. The van der Waals surface area contributed by atoms with Crippen molar-refractivity contribution >= 4 is 32.5 Å². The summed E-state index contributed by atoms with van der Waals surface area (Å²) in [6.45, 7) is 0. The zero-order valence-corrected chi connectivity index (χ0v) is 11.7. The van der Waals surface area contributed by atoms with Crippen LogP contribution in [0.15, 0.2) is 22.7 Å². The van der Waals surface area contributed by atoms with Gasteiger partial charge in [0.15, 0.2) is 0 Å². The minimum Gasteiger partial charge on any atom is -0.494 e. The number of benzene rings is 1. The standard InChI is InChI=1S/C12H10BrF3N2O/c1-17-7-5-9(12(14,15)16)18-11-8(19-2)4-3-6(13)10(7)11/h3-5H,1-2H3,(H,17,18). The lowest BCUT2D eigenvalue weighted by atomic mass is 10.1. The Morgan fingerprint density at radius 2 is 2.00 bits per heavy atom. The summed E-state index contributed by atoms with van der Waals surface area (Å²) in [4.78, 5) is 3.67. The van der Waals surface area contributed by atoms with Crippen molar-refractivity contribution in [2.24, 2.45) is 0 Å². The first kappa shape index (κ1) is 13.9. The molecule has 0 aliphatic heterocycles. The van der Waals surface area contributed by atoms with E-state index in [1.807, 2.05) is 0 Å². The highest BCUT2D eigenvalue weighted by atomic mass is 79.9. The Hall–Kier alpha value is -1.50. The van der Waals surface area contributed by atoms with Gasteiger partial charge in [-0.2, -0.15) is 13.2 Å². The van der Waals surface area contributed by atoms with Gasteiger partial charge in [-0.3, -0.25) is 0 Å². The first-order chi connectivity index (χ1) is 8.88. The average molecular weight is 335 g/mol. The maximum Gasteiger partial charge on any atom is 0.433 e. The van der Waals surface area contributed by atoms with Gasteiger partial charge in [-0.1, -0.05) is 15.9 Å². The highest BCUT2D eigenvalue weighted by molar-refractivity contribution is 9.10. The van der Waals surface area contributed by atoms with E-state index < -0.39 is 11.9 Å². The van der Waals surface area contributed by atoms with Gasteiger partial charge in [-0.05, 0) is 18.2 Å². The molecule has 0 radical (unpaired) electrons. The number of pyridine rings is 1. The van der Waals surface area contributed by atoms with E-state index in [0.29, 0.717) is 21.3 Å². The van der Waals surface area contributed by atoms with Crippen molar-refractivity contribution in [3.63, 3.8) is 0 Å². The monoisotopic (exact) mass is 334 g/mol. The lowest BCUT2D eigenvalue weighted by Crippen LogP contribution is -2.09. The molecule has 0 saturated carbocycles. The summed E-state index contributed by atoms with van der Waals surface area (Å²) in [7, 11) is 2.95. The van der Waals surface area contributed by atoms with Crippen molar-refractivity contribution in [2.75, 3.05) is 19.5 Å². The van der Waals surface area contributed by atoms with Crippen LogP contribution in [0.1, 0.15) is 5.69 Å². The minimum atomic E-state index is -4.51. The molecule has 19 heavy (non-hydrogen) atoms. The van der Waals surface area contributed by atoms with Crippen LogP contribution in [-0.4, -0.2) is 19.1 Å². The molecule has 1 aromatic heterocycles. The van der Waals surface area contributed by atoms with Crippen LogP contribution in [0.4, 0.5) is 18.9 Å². The van der Waals surface area contributed by atoms with E-state index in [9.17, 15) is 13.2 Å². The average Bonchev–Trinajstić information content (AvgIpc) is 2.37. The maximum atomic E-state index is 12.8. The lowest BCUT2D eigenvalue weighted by molar-refractivity contribution is -0.140. The summed E-state index contributed by atoms with van der Waals surface area (Å²) in [6.07, 6.45) is -4.51. The Kier molecular flexibility index (Phi) is 3.58. The normalized spacial score (nSPS) is 11.7. The summed E-state index contributed by atoms with van der Waals surface area (Å²) >= 11 is 3.31. The smallest absolute Gasteiger partial charge is 0.433 e. The number of alkyl halides is 3.